The summed E-state index contributed by atoms with van der Waals surface area (Å²) in [5.74, 6) is -5.81. The molecule has 1 aromatic carbocycles. The van der Waals surface area contributed by atoms with E-state index in [9.17, 15) is 33.0 Å². The van der Waals surface area contributed by atoms with Gasteiger partial charge in [0.05, 0.1) is 22.8 Å². The van der Waals surface area contributed by atoms with Crippen LogP contribution in [0.3, 0.4) is 0 Å². The number of esters is 1. The molecule has 8 atom stereocenters. The molecule has 2 heterocycles. The molecule has 0 aromatic heterocycles. The molecule has 7 fully saturated rings. The van der Waals surface area contributed by atoms with E-state index in [0.717, 1.165) is 0 Å². The molecule has 3 N–H and O–H groups in total. The first-order valence-corrected chi connectivity index (χ1v) is 17.3. The Morgan fingerprint density at radius 3 is 2.43 bits per heavy atom. The van der Waals surface area contributed by atoms with Crippen molar-refractivity contribution < 1.29 is 42.5 Å². The molecule has 5 aliphatic carbocycles. The zero-order valence-electron chi connectivity index (χ0n) is 25.2. The van der Waals surface area contributed by atoms with Gasteiger partial charge in [-0.15, -0.1) is 0 Å². The molecule has 5 saturated carbocycles. The molecule has 0 radical (unpaired) electrons. The average Bonchev–Trinajstić information content (AvgIpc) is 3.10. The minimum atomic E-state index is -3.70. The summed E-state index contributed by atoms with van der Waals surface area (Å²) < 4.78 is 40.6. The van der Waals surface area contributed by atoms with Crippen molar-refractivity contribution in [2.24, 2.45) is 39.9 Å². The third-order valence-electron chi connectivity index (χ3n) is 12.3. The lowest BCUT2D eigenvalue weighted by Crippen LogP contribution is -2.85. The fraction of sp³-hybridized carbons (Fsp3) is 0.667. The summed E-state index contributed by atoms with van der Waals surface area (Å²) in [4.78, 5) is 42.1. The summed E-state index contributed by atoms with van der Waals surface area (Å²) >= 11 is 0. The van der Waals surface area contributed by atoms with Gasteiger partial charge in [-0.3, -0.25) is 14.4 Å². The van der Waals surface area contributed by atoms with Crippen LogP contribution in [-0.4, -0.2) is 66.8 Å². The van der Waals surface area contributed by atoms with E-state index in [-0.39, 0.29) is 35.3 Å². The van der Waals surface area contributed by atoms with Gasteiger partial charge >= 0.3 is 5.97 Å². The van der Waals surface area contributed by atoms with E-state index in [1.165, 1.54) is 12.1 Å². The zero-order chi connectivity index (χ0) is 31.4. The predicted molar refractivity (Wildman–Crippen MR) is 156 cm³/mol. The van der Waals surface area contributed by atoms with Crippen LogP contribution < -0.4 is 4.72 Å². The van der Waals surface area contributed by atoms with Gasteiger partial charge in [0, 0.05) is 24.3 Å². The second kappa shape index (κ2) is 9.78. The van der Waals surface area contributed by atoms with E-state index < -0.39 is 79.7 Å². The normalized spacial score (nSPS) is 44.2. The molecule has 2 aliphatic heterocycles. The van der Waals surface area contributed by atoms with Crippen LogP contribution >= 0.6 is 0 Å². The Hall–Kier alpha value is -2.44. The summed E-state index contributed by atoms with van der Waals surface area (Å²) in [5, 5.41) is 24.2. The molecule has 2 spiro atoms. The fourth-order valence-corrected chi connectivity index (χ4v) is 11.6. The van der Waals surface area contributed by atoms with Gasteiger partial charge in [-0.1, -0.05) is 38.6 Å². The molecule has 238 valence electrons. The molecule has 0 amide bonds. The highest BCUT2D eigenvalue weighted by atomic mass is 32.2. The Morgan fingerprint density at radius 2 is 1.75 bits per heavy atom. The summed E-state index contributed by atoms with van der Waals surface area (Å²) in [7, 11) is -3.70. The Morgan fingerprint density at radius 1 is 1.07 bits per heavy atom. The third-order valence-corrected chi connectivity index (χ3v) is 13.8. The number of rotatable bonds is 5. The van der Waals surface area contributed by atoms with E-state index in [2.05, 4.69) is 11.3 Å². The lowest BCUT2D eigenvalue weighted by Gasteiger charge is -2.73. The quantitative estimate of drug-likeness (QED) is 0.330. The molecular weight excluding hydrogens is 586 g/mol. The number of fused-ring (bicyclic) bond motifs is 2. The highest BCUT2D eigenvalue weighted by Gasteiger charge is 2.88. The second-order valence-electron chi connectivity index (χ2n) is 14.7. The van der Waals surface area contributed by atoms with E-state index >= 15 is 0 Å². The van der Waals surface area contributed by atoms with Gasteiger partial charge in [0.1, 0.15) is 23.4 Å². The van der Waals surface area contributed by atoms with Crippen molar-refractivity contribution in [3.8, 4) is 0 Å². The van der Waals surface area contributed by atoms with Crippen LogP contribution in [0.2, 0.25) is 0 Å². The van der Waals surface area contributed by atoms with E-state index in [4.69, 9.17) is 9.47 Å². The maximum absolute atomic E-state index is 14.3. The monoisotopic (exact) mass is 627 g/mol. The number of ether oxygens (including phenoxy) is 2. The highest BCUT2D eigenvalue weighted by Crippen LogP contribution is 2.76. The molecule has 11 heteroatoms. The van der Waals surface area contributed by atoms with Gasteiger partial charge in [0.25, 0.3) is 0 Å². The minimum absolute atomic E-state index is 0.0721. The Bertz CT molecular complexity index is 1530. The molecule has 2 saturated heterocycles. The van der Waals surface area contributed by atoms with Crippen LogP contribution in [0, 0.1) is 39.9 Å². The first-order chi connectivity index (χ1) is 20.7. The van der Waals surface area contributed by atoms with Crippen LogP contribution in [0.15, 0.2) is 47.4 Å². The van der Waals surface area contributed by atoms with Crippen molar-refractivity contribution in [2.45, 2.75) is 94.1 Å². The van der Waals surface area contributed by atoms with E-state index in [1.54, 1.807) is 18.2 Å². The number of sulfonamides is 1. The number of hydrogen-bond donors (Lipinski definition) is 3. The lowest BCUT2D eigenvalue weighted by molar-refractivity contribution is -0.437. The largest absolute Gasteiger partial charge is 0.460 e. The molecule has 7 aliphatic rings. The maximum Gasteiger partial charge on any atom is 0.309 e. The highest BCUT2D eigenvalue weighted by molar-refractivity contribution is 7.89. The second-order valence-corrected chi connectivity index (χ2v) is 16.4. The first-order valence-electron chi connectivity index (χ1n) is 15.8. The number of carbonyl (C=O) groups excluding carboxylic acids is 3. The van der Waals surface area contributed by atoms with E-state index in [0.29, 0.717) is 44.9 Å². The number of nitrogens with one attached hydrogen (secondary N) is 1. The van der Waals surface area contributed by atoms with Gasteiger partial charge in [-0.2, -0.15) is 0 Å². The average molecular weight is 628 g/mol. The predicted octanol–water partition coefficient (Wildman–Crippen LogP) is 2.67. The summed E-state index contributed by atoms with van der Waals surface area (Å²) in [5.41, 5.74) is -3.27. The van der Waals surface area contributed by atoms with Crippen molar-refractivity contribution in [3.05, 3.63) is 42.5 Å². The fourth-order valence-electron chi connectivity index (χ4n) is 10.3. The zero-order valence-corrected chi connectivity index (χ0v) is 26.0. The number of hydrogen-bond acceptors (Lipinski definition) is 9. The van der Waals surface area contributed by atoms with Crippen LogP contribution in [-0.2, 0) is 33.9 Å². The molecule has 44 heavy (non-hydrogen) atoms. The molecule has 4 bridgehead atoms. The number of Topliss-reactive ketones (excluding diaryl/α,β-unsaturated/α-hetero) is 2. The van der Waals surface area contributed by atoms with Crippen LogP contribution in [0.5, 0.6) is 0 Å². The summed E-state index contributed by atoms with van der Waals surface area (Å²) in [6, 6.07) is 7.78. The van der Waals surface area contributed by atoms with Gasteiger partial charge < -0.3 is 19.7 Å². The number of aliphatic hydroxyl groups excluding tert-OH is 1. The Labute approximate surface area is 257 Å². The summed E-state index contributed by atoms with van der Waals surface area (Å²) in [6.07, 6.45) is 0.718. The van der Waals surface area contributed by atoms with Crippen LogP contribution in [0.25, 0.3) is 0 Å². The minimum Gasteiger partial charge on any atom is -0.460 e. The van der Waals surface area contributed by atoms with Gasteiger partial charge in [-0.05, 0) is 74.0 Å². The Balaban J connectivity index is 1.15. The van der Waals surface area contributed by atoms with Crippen LogP contribution in [0.1, 0.15) is 65.2 Å². The molecule has 8 rings (SSSR count). The number of benzene rings is 1. The number of ketones is 2. The maximum atomic E-state index is 14.3. The standard InChI is InChI=1S/C33H41NO9S/c1-18-22-13-14-23-31-17-42-33(39,27(37)25(31)30(2,3)16-15-24(31)35)32(23,26(18)36)28(22)43-29(38)19-9-11-20(12-10-19)34-44(40,41)21-7-5-4-6-8-21/h4-8,19-20,22-23,25,27-28,34,37,39H,1,9-17H2,2-3H3/t19?,20?,22-,23-,25+,27-,28+,31+,32-,33-/m0/s1. The van der Waals surface area contributed by atoms with Crippen LogP contribution in [0.4, 0.5) is 0 Å². The molecular formula is C33H41NO9S. The SMILES string of the molecule is C=C1C(=O)[C@]23[C@H](OC(=O)C4CCC(NS(=O)(=O)c5ccccc5)CC4)[C@H]1CC[C@H]2[C@@]12CO[C@@]3(O)[C@@H](O)[C@@H]1C(C)(C)CCC2=O. The van der Waals surface area contributed by atoms with Crippen molar-refractivity contribution in [1.82, 2.24) is 4.72 Å². The van der Waals surface area contributed by atoms with Crippen molar-refractivity contribution in [1.29, 1.82) is 0 Å². The van der Waals surface area contributed by atoms with Gasteiger partial charge in [0.2, 0.25) is 15.8 Å². The van der Waals surface area contributed by atoms with Crippen molar-refractivity contribution >= 4 is 27.6 Å². The van der Waals surface area contributed by atoms with Crippen molar-refractivity contribution in [2.75, 3.05) is 6.61 Å². The third kappa shape index (κ3) is 3.73. The summed E-state index contributed by atoms with van der Waals surface area (Å²) in [6.45, 7) is 7.94. The first kappa shape index (κ1) is 30.2. The number of aliphatic hydroxyl groups is 2. The lowest BCUT2D eigenvalue weighted by atomic mass is 9.36. The van der Waals surface area contributed by atoms with Gasteiger partial charge in [-0.25, -0.2) is 13.1 Å². The molecule has 0 unspecified atom stereocenters. The van der Waals surface area contributed by atoms with E-state index in [1.807, 2.05) is 13.8 Å². The Kier molecular flexibility index (Phi) is 6.72. The molecule has 1 aromatic rings. The smallest absolute Gasteiger partial charge is 0.309 e. The molecule has 10 nitrogen and oxygen atoms in total. The van der Waals surface area contributed by atoms with Crippen molar-refractivity contribution in [3.63, 3.8) is 0 Å². The van der Waals surface area contributed by atoms with Gasteiger partial charge in [0.15, 0.2) is 5.78 Å². The topological polar surface area (TPSA) is 156 Å². The number of carbonyl (C=O) groups is 3.